The van der Waals surface area contributed by atoms with Crippen molar-refractivity contribution in [3.8, 4) is 5.69 Å². The number of rotatable bonds is 5. The fourth-order valence-corrected chi connectivity index (χ4v) is 2.97. The van der Waals surface area contributed by atoms with Crippen LogP contribution in [0.5, 0.6) is 0 Å². The van der Waals surface area contributed by atoms with Crippen molar-refractivity contribution in [1.29, 1.82) is 0 Å². The molecule has 0 bridgehead atoms. The molecule has 0 aliphatic heterocycles. The van der Waals surface area contributed by atoms with E-state index < -0.39 is 0 Å². The number of hydrogen-bond acceptors (Lipinski definition) is 2. The molecule has 0 radical (unpaired) electrons. The number of nitrogens with zero attached hydrogens (tertiary/aromatic N) is 1. The zero-order valence-corrected chi connectivity index (χ0v) is 16.0. The zero-order valence-electron chi connectivity index (χ0n) is 13.6. The number of halogens is 2. The van der Waals surface area contributed by atoms with Crippen molar-refractivity contribution in [3.05, 3.63) is 51.8 Å². The number of amides is 1. The van der Waals surface area contributed by atoms with Crippen LogP contribution in [0.1, 0.15) is 35.1 Å². The summed E-state index contributed by atoms with van der Waals surface area (Å²) < 4.78 is 3.09. The number of hydrogen-bond donors (Lipinski definition) is 2. The highest BCUT2D eigenvalue weighted by molar-refractivity contribution is 9.10. The van der Waals surface area contributed by atoms with Gasteiger partial charge in [-0.2, -0.15) is 0 Å². The van der Waals surface area contributed by atoms with Crippen LogP contribution < -0.4 is 11.1 Å². The highest BCUT2D eigenvalue weighted by Gasteiger charge is 2.17. The molecule has 2 rings (SSSR count). The standard InChI is InChI=1S/C17H22BrN3O.ClH/c1-11(19)8-9-20-17(22)14-10-12(2)21(13(14)3)16-7-5-4-6-15(16)18;/h4-7,10-11H,8-9,19H2,1-3H3,(H,20,22);1H. The highest BCUT2D eigenvalue weighted by atomic mass is 79.9. The molecule has 1 atom stereocenters. The molecule has 1 heterocycles. The minimum absolute atomic E-state index is 0. The molecule has 4 nitrogen and oxygen atoms in total. The Morgan fingerprint density at radius 2 is 2.00 bits per heavy atom. The van der Waals surface area contributed by atoms with Gasteiger partial charge in [0.05, 0.1) is 11.3 Å². The fourth-order valence-electron chi connectivity index (χ4n) is 2.51. The Bertz CT molecular complexity index is 682. The molecule has 1 aromatic carbocycles. The number of nitrogens with two attached hydrogens (primary N) is 1. The van der Waals surface area contributed by atoms with Crippen LogP contribution in [0.4, 0.5) is 0 Å². The molecule has 0 aliphatic rings. The Balaban J connectivity index is 0.00000264. The first-order chi connectivity index (χ1) is 10.4. The van der Waals surface area contributed by atoms with Crippen LogP contribution in [-0.2, 0) is 0 Å². The van der Waals surface area contributed by atoms with Crippen LogP contribution in [0.25, 0.3) is 5.69 Å². The normalized spacial score (nSPS) is 11.7. The third-order valence-electron chi connectivity index (χ3n) is 3.65. The SMILES string of the molecule is Cc1cc(C(=O)NCCC(C)N)c(C)n1-c1ccccc1Br.Cl. The third-order valence-corrected chi connectivity index (χ3v) is 4.32. The van der Waals surface area contributed by atoms with Crippen molar-refractivity contribution in [2.24, 2.45) is 5.73 Å². The molecule has 0 spiro atoms. The molecule has 0 saturated carbocycles. The molecule has 6 heteroatoms. The van der Waals surface area contributed by atoms with E-state index in [1.54, 1.807) is 0 Å². The van der Waals surface area contributed by atoms with Gasteiger partial charge < -0.3 is 15.6 Å². The Morgan fingerprint density at radius 1 is 1.35 bits per heavy atom. The lowest BCUT2D eigenvalue weighted by atomic mass is 10.2. The predicted octanol–water partition coefficient (Wildman–Crippen LogP) is 3.75. The van der Waals surface area contributed by atoms with Gasteiger partial charge in [0.1, 0.15) is 0 Å². The number of aryl methyl sites for hydroxylation is 1. The van der Waals surface area contributed by atoms with Crippen LogP contribution in [0.15, 0.2) is 34.8 Å². The summed E-state index contributed by atoms with van der Waals surface area (Å²) in [4.78, 5) is 12.4. The molecule has 0 saturated heterocycles. The van der Waals surface area contributed by atoms with E-state index in [1.807, 2.05) is 51.1 Å². The predicted molar refractivity (Wildman–Crippen MR) is 101 cm³/mol. The fraction of sp³-hybridized carbons (Fsp3) is 0.353. The minimum Gasteiger partial charge on any atom is -0.352 e. The first kappa shape index (κ1) is 19.7. The van der Waals surface area contributed by atoms with E-state index in [0.717, 1.165) is 28.0 Å². The molecule has 1 amide bonds. The molecule has 1 aromatic heterocycles. The molecule has 2 aromatic rings. The molecule has 23 heavy (non-hydrogen) atoms. The first-order valence-electron chi connectivity index (χ1n) is 7.39. The Labute approximate surface area is 152 Å². The van der Waals surface area contributed by atoms with E-state index in [4.69, 9.17) is 5.73 Å². The number of carbonyl (C=O) groups excluding carboxylic acids is 1. The van der Waals surface area contributed by atoms with E-state index in [9.17, 15) is 4.79 Å². The molecule has 126 valence electrons. The lowest BCUT2D eigenvalue weighted by molar-refractivity contribution is 0.0952. The van der Waals surface area contributed by atoms with Crippen molar-refractivity contribution in [2.75, 3.05) is 6.54 Å². The number of aromatic nitrogens is 1. The average Bonchev–Trinajstić information content (AvgIpc) is 2.74. The van der Waals surface area contributed by atoms with Crippen molar-refractivity contribution < 1.29 is 4.79 Å². The van der Waals surface area contributed by atoms with Crippen molar-refractivity contribution in [1.82, 2.24) is 9.88 Å². The summed E-state index contributed by atoms with van der Waals surface area (Å²) in [5.41, 5.74) is 9.41. The maximum atomic E-state index is 12.4. The van der Waals surface area contributed by atoms with Gasteiger partial charge >= 0.3 is 0 Å². The number of nitrogens with one attached hydrogen (secondary N) is 1. The van der Waals surface area contributed by atoms with Gasteiger partial charge in [-0.15, -0.1) is 12.4 Å². The molecular formula is C17H23BrClN3O. The largest absolute Gasteiger partial charge is 0.352 e. The second-order valence-electron chi connectivity index (χ2n) is 5.59. The summed E-state index contributed by atoms with van der Waals surface area (Å²) in [7, 11) is 0. The zero-order chi connectivity index (χ0) is 16.3. The van der Waals surface area contributed by atoms with Gasteiger partial charge in [0, 0.05) is 28.4 Å². The van der Waals surface area contributed by atoms with E-state index in [1.165, 1.54) is 0 Å². The van der Waals surface area contributed by atoms with Crippen LogP contribution in [-0.4, -0.2) is 23.1 Å². The third kappa shape index (κ3) is 4.59. The lowest BCUT2D eigenvalue weighted by Crippen LogP contribution is -2.29. The minimum atomic E-state index is -0.0490. The molecule has 3 N–H and O–H groups in total. The van der Waals surface area contributed by atoms with Crippen LogP contribution in [0, 0.1) is 13.8 Å². The average molecular weight is 401 g/mol. The molecular weight excluding hydrogens is 378 g/mol. The second kappa shape index (κ2) is 8.52. The van der Waals surface area contributed by atoms with Gasteiger partial charge in [-0.05, 0) is 61.3 Å². The highest BCUT2D eigenvalue weighted by Crippen LogP contribution is 2.26. The summed E-state index contributed by atoms with van der Waals surface area (Å²) in [5, 5.41) is 2.93. The summed E-state index contributed by atoms with van der Waals surface area (Å²) in [6.07, 6.45) is 0.773. The smallest absolute Gasteiger partial charge is 0.253 e. The monoisotopic (exact) mass is 399 g/mol. The maximum Gasteiger partial charge on any atom is 0.253 e. The quantitative estimate of drug-likeness (QED) is 0.803. The van der Waals surface area contributed by atoms with Gasteiger partial charge in [-0.3, -0.25) is 4.79 Å². The summed E-state index contributed by atoms with van der Waals surface area (Å²) in [6.45, 7) is 6.50. The van der Waals surface area contributed by atoms with Gasteiger partial charge in [-0.1, -0.05) is 12.1 Å². The van der Waals surface area contributed by atoms with Gasteiger partial charge in [0.15, 0.2) is 0 Å². The van der Waals surface area contributed by atoms with E-state index >= 15 is 0 Å². The molecule has 1 unspecified atom stereocenters. The topological polar surface area (TPSA) is 60.1 Å². The van der Waals surface area contributed by atoms with Gasteiger partial charge in [0.2, 0.25) is 0 Å². The maximum absolute atomic E-state index is 12.4. The number of benzene rings is 1. The second-order valence-corrected chi connectivity index (χ2v) is 6.45. The van der Waals surface area contributed by atoms with Gasteiger partial charge in [0.25, 0.3) is 5.91 Å². The van der Waals surface area contributed by atoms with Gasteiger partial charge in [-0.25, -0.2) is 0 Å². The first-order valence-corrected chi connectivity index (χ1v) is 8.18. The van der Waals surface area contributed by atoms with E-state index in [0.29, 0.717) is 12.1 Å². The Morgan fingerprint density at radius 3 is 2.61 bits per heavy atom. The summed E-state index contributed by atoms with van der Waals surface area (Å²) in [5.74, 6) is -0.0490. The Hall–Kier alpha value is -1.30. The molecule has 0 fully saturated rings. The lowest BCUT2D eigenvalue weighted by Gasteiger charge is -2.12. The van der Waals surface area contributed by atoms with Crippen LogP contribution in [0.2, 0.25) is 0 Å². The van der Waals surface area contributed by atoms with Crippen molar-refractivity contribution in [3.63, 3.8) is 0 Å². The van der Waals surface area contributed by atoms with E-state index in [-0.39, 0.29) is 24.4 Å². The summed E-state index contributed by atoms with van der Waals surface area (Å²) in [6, 6.07) is 10.0. The van der Waals surface area contributed by atoms with Crippen LogP contribution in [0.3, 0.4) is 0 Å². The Kier molecular flexibility index (Phi) is 7.32. The number of para-hydroxylation sites is 1. The van der Waals surface area contributed by atoms with Crippen LogP contribution >= 0.6 is 28.3 Å². The van der Waals surface area contributed by atoms with Crippen molar-refractivity contribution >= 4 is 34.2 Å². The molecule has 0 aliphatic carbocycles. The van der Waals surface area contributed by atoms with E-state index in [2.05, 4.69) is 25.8 Å². The van der Waals surface area contributed by atoms with Crippen molar-refractivity contribution in [2.45, 2.75) is 33.2 Å². The summed E-state index contributed by atoms with van der Waals surface area (Å²) >= 11 is 3.57. The number of carbonyl (C=O) groups is 1.